The van der Waals surface area contributed by atoms with Crippen LogP contribution >= 0.6 is 0 Å². The van der Waals surface area contributed by atoms with E-state index >= 15 is 0 Å². The van der Waals surface area contributed by atoms with Crippen LogP contribution in [0.3, 0.4) is 0 Å². The molecule has 7 nitrogen and oxygen atoms in total. The number of anilines is 2. The molecule has 3 aromatic carbocycles. The minimum atomic E-state index is -4.48. The minimum absolute atomic E-state index is 0.00800. The Morgan fingerprint density at radius 2 is 1.47 bits per heavy atom. The van der Waals surface area contributed by atoms with E-state index in [1.165, 1.54) is 18.2 Å². The number of nitrogens with zero attached hydrogens (tertiary/aromatic N) is 1. The lowest BCUT2D eigenvalue weighted by Crippen LogP contribution is -2.41. The summed E-state index contributed by atoms with van der Waals surface area (Å²) in [5, 5.41) is 5.57. The highest BCUT2D eigenvalue weighted by Gasteiger charge is 2.30. The summed E-state index contributed by atoms with van der Waals surface area (Å²) in [7, 11) is 0. The molecule has 3 aromatic rings. The molecule has 0 spiro atoms. The first kappa shape index (κ1) is 25.2. The number of hydrogen-bond acceptors (Lipinski definition) is 5. The van der Waals surface area contributed by atoms with Crippen LogP contribution in [0.5, 0.6) is 11.5 Å². The van der Waals surface area contributed by atoms with E-state index in [-0.39, 0.29) is 29.5 Å². The largest absolute Gasteiger partial charge is 0.457 e. The van der Waals surface area contributed by atoms with E-state index in [1.54, 1.807) is 42.5 Å². The van der Waals surface area contributed by atoms with Gasteiger partial charge in [-0.3, -0.25) is 14.5 Å². The molecule has 0 saturated carbocycles. The van der Waals surface area contributed by atoms with Gasteiger partial charge in [-0.15, -0.1) is 0 Å². The Hall–Kier alpha value is -3.89. The summed E-state index contributed by atoms with van der Waals surface area (Å²) in [5.74, 6) is -0.325. The van der Waals surface area contributed by atoms with Crippen molar-refractivity contribution in [1.29, 1.82) is 0 Å². The summed E-state index contributed by atoms with van der Waals surface area (Å²) in [4.78, 5) is 26.9. The maximum Gasteiger partial charge on any atom is 0.416 e. The number of alkyl halides is 3. The van der Waals surface area contributed by atoms with E-state index in [0.717, 1.165) is 12.1 Å². The van der Waals surface area contributed by atoms with Crippen LogP contribution in [0.4, 0.5) is 24.5 Å². The van der Waals surface area contributed by atoms with Crippen molar-refractivity contribution in [1.82, 2.24) is 4.90 Å². The molecular formula is C26H24F3N3O4. The number of benzene rings is 3. The fourth-order valence-corrected chi connectivity index (χ4v) is 3.58. The molecular weight excluding hydrogens is 475 g/mol. The monoisotopic (exact) mass is 499 g/mol. The highest BCUT2D eigenvalue weighted by Crippen LogP contribution is 2.32. The summed E-state index contributed by atoms with van der Waals surface area (Å²) < 4.78 is 49.6. The van der Waals surface area contributed by atoms with Gasteiger partial charge in [0.05, 0.1) is 25.3 Å². The molecule has 0 aliphatic carbocycles. The van der Waals surface area contributed by atoms with Crippen molar-refractivity contribution in [2.45, 2.75) is 6.18 Å². The Balaban J connectivity index is 1.34. The van der Waals surface area contributed by atoms with Gasteiger partial charge in [-0.05, 0) is 60.7 Å². The number of carbonyl (C=O) groups excluding carboxylic acids is 2. The highest BCUT2D eigenvalue weighted by atomic mass is 19.4. The average Bonchev–Trinajstić information content (AvgIpc) is 2.85. The number of amides is 2. The third kappa shape index (κ3) is 7.06. The van der Waals surface area contributed by atoms with Crippen LogP contribution in [0, 0.1) is 0 Å². The van der Waals surface area contributed by atoms with Gasteiger partial charge in [-0.1, -0.05) is 12.1 Å². The van der Waals surface area contributed by atoms with Crippen LogP contribution in [0.15, 0.2) is 72.8 Å². The van der Waals surface area contributed by atoms with Gasteiger partial charge in [0.2, 0.25) is 5.91 Å². The van der Waals surface area contributed by atoms with Crippen molar-refractivity contribution in [2.24, 2.45) is 0 Å². The number of carbonyl (C=O) groups is 2. The lowest BCUT2D eigenvalue weighted by atomic mass is 10.2. The Bertz CT molecular complexity index is 1210. The van der Waals surface area contributed by atoms with Gasteiger partial charge < -0.3 is 20.1 Å². The maximum absolute atomic E-state index is 12.9. The predicted octanol–water partition coefficient (Wildman–Crippen LogP) is 5.02. The molecule has 2 N–H and O–H groups in total. The standard InChI is InChI=1S/C26H24F3N3O4/c27-26(28,29)19-4-2-6-23(16-19)36-22-5-1-3-18(15-22)25(34)31-21-9-7-20(8-10-21)30-24(33)17-32-11-13-35-14-12-32/h1-10,15-16H,11-14,17H2,(H,30,33)(H,31,34). The van der Waals surface area contributed by atoms with E-state index in [2.05, 4.69) is 10.6 Å². The van der Waals surface area contributed by atoms with Gasteiger partial charge in [-0.2, -0.15) is 13.2 Å². The Morgan fingerprint density at radius 3 is 2.14 bits per heavy atom. The van der Waals surface area contributed by atoms with Gasteiger partial charge in [0.25, 0.3) is 5.91 Å². The van der Waals surface area contributed by atoms with Gasteiger partial charge in [0.15, 0.2) is 0 Å². The Labute approximate surface area is 205 Å². The maximum atomic E-state index is 12.9. The van der Waals surface area contributed by atoms with Crippen LogP contribution in [0.25, 0.3) is 0 Å². The van der Waals surface area contributed by atoms with Gasteiger partial charge in [-0.25, -0.2) is 0 Å². The number of ether oxygens (including phenoxy) is 2. The molecule has 0 unspecified atom stereocenters. The van der Waals surface area contributed by atoms with E-state index in [9.17, 15) is 22.8 Å². The lowest BCUT2D eigenvalue weighted by Gasteiger charge is -2.25. The summed E-state index contributed by atoms with van der Waals surface area (Å²) in [5.41, 5.74) is 0.551. The molecule has 1 heterocycles. The smallest absolute Gasteiger partial charge is 0.416 e. The quantitative estimate of drug-likeness (QED) is 0.477. The van der Waals surface area contributed by atoms with Crippen LogP contribution in [-0.2, 0) is 15.7 Å². The van der Waals surface area contributed by atoms with Crippen LogP contribution in [0.1, 0.15) is 15.9 Å². The first-order valence-electron chi connectivity index (χ1n) is 11.2. The fraction of sp³-hybridized carbons (Fsp3) is 0.231. The second-order valence-electron chi connectivity index (χ2n) is 8.12. The van der Waals surface area contributed by atoms with E-state index in [0.29, 0.717) is 37.7 Å². The SMILES string of the molecule is O=C(CN1CCOCC1)Nc1ccc(NC(=O)c2cccc(Oc3cccc(C(F)(F)F)c3)c2)cc1. The zero-order valence-corrected chi connectivity index (χ0v) is 19.2. The first-order valence-corrected chi connectivity index (χ1v) is 11.2. The Morgan fingerprint density at radius 1 is 0.861 bits per heavy atom. The average molecular weight is 499 g/mol. The van der Waals surface area contributed by atoms with Crippen molar-refractivity contribution >= 4 is 23.2 Å². The molecule has 1 saturated heterocycles. The number of rotatable bonds is 7. The second kappa shape index (κ2) is 11.2. The number of morpholine rings is 1. The van der Waals surface area contributed by atoms with E-state index < -0.39 is 17.6 Å². The summed E-state index contributed by atoms with van der Waals surface area (Å²) in [6.45, 7) is 2.93. The molecule has 0 bridgehead atoms. The van der Waals surface area contributed by atoms with Gasteiger partial charge in [0.1, 0.15) is 11.5 Å². The fourth-order valence-electron chi connectivity index (χ4n) is 3.58. The normalized spacial score (nSPS) is 14.2. The molecule has 36 heavy (non-hydrogen) atoms. The van der Waals surface area contributed by atoms with Gasteiger partial charge in [0, 0.05) is 30.0 Å². The van der Waals surface area contributed by atoms with Crippen LogP contribution < -0.4 is 15.4 Å². The predicted molar refractivity (Wildman–Crippen MR) is 128 cm³/mol. The number of halogens is 3. The molecule has 188 valence electrons. The molecule has 0 atom stereocenters. The zero-order chi connectivity index (χ0) is 25.5. The molecule has 4 rings (SSSR count). The second-order valence-corrected chi connectivity index (χ2v) is 8.12. The third-order valence-electron chi connectivity index (χ3n) is 5.39. The molecule has 2 amide bonds. The Kier molecular flexibility index (Phi) is 7.87. The molecule has 0 aromatic heterocycles. The third-order valence-corrected chi connectivity index (χ3v) is 5.39. The molecule has 1 aliphatic heterocycles. The van der Waals surface area contributed by atoms with Crippen LogP contribution in [0.2, 0.25) is 0 Å². The van der Waals surface area contributed by atoms with Gasteiger partial charge >= 0.3 is 6.18 Å². The minimum Gasteiger partial charge on any atom is -0.457 e. The van der Waals surface area contributed by atoms with E-state index in [4.69, 9.17) is 9.47 Å². The molecule has 10 heteroatoms. The van der Waals surface area contributed by atoms with Crippen molar-refractivity contribution < 1.29 is 32.2 Å². The first-order chi connectivity index (χ1) is 17.3. The molecule has 0 radical (unpaired) electrons. The highest BCUT2D eigenvalue weighted by molar-refractivity contribution is 6.04. The zero-order valence-electron chi connectivity index (χ0n) is 19.2. The molecule has 1 aliphatic rings. The van der Waals surface area contributed by atoms with Crippen molar-refractivity contribution in [2.75, 3.05) is 43.5 Å². The summed E-state index contributed by atoms with van der Waals surface area (Å²) in [6, 6.07) is 17.3. The summed E-state index contributed by atoms with van der Waals surface area (Å²) in [6.07, 6.45) is -4.48. The van der Waals surface area contributed by atoms with Crippen molar-refractivity contribution in [3.05, 3.63) is 83.9 Å². The molecule has 1 fully saturated rings. The topological polar surface area (TPSA) is 79.9 Å². The van der Waals surface area contributed by atoms with Crippen molar-refractivity contribution in [3.63, 3.8) is 0 Å². The number of hydrogen-bond donors (Lipinski definition) is 2. The summed E-state index contributed by atoms with van der Waals surface area (Å²) >= 11 is 0. The van der Waals surface area contributed by atoms with E-state index in [1.807, 2.05) is 4.90 Å². The van der Waals surface area contributed by atoms with Crippen LogP contribution in [-0.4, -0.2) is 49.6 Å². The lowest BCUT2D eigenvalue weighted by molar-refractivity contribution is -0.137. The number of nitrogens with one attached hydrogen (secondary N) is 2. The van der Waals surface area contributed by atoms with Crippen molar-refractivity contribution in [3.8, 4) is 11.5 Å².